The Morgan fingerprint density at radius 3 is 1.51 bits per heavy atom. The van der Waals surface area contributed by atoms with Crippen molar-refractivity contribution in [1.82, 2.24) is 0 Å². The van der Waals surface area contributed by atoms with Crippen LogP contribution in [0.2, 0.25) is 0 Å². The molecule has 0 spiro atoms. The maximum absolute atomic E-state index is 2.62. The maximum Gasteiger partial charge on any atom is 0.0551 e. The Kier molecular flexibility index (Phi) is 7.76. The van der Waals surface area contributed by atoms with Gasteiger partial charge < -0.3 is 4.90 Å². The van der Waals surface area contributed by atoms with E-state index >= 15 is 0 Å². The molecular formula is C53H43NS. The predicted octanol–water partition coefficient (Wildman–Crippen LogP) is 14.9. The fourth-order valence-electron chi connectivity index (χ4n) is 9.39. The quantitative estimate of drug-likeness (QED) is 0.165. The number of rotatable bonds is 6. The van der Waals surface area contributed by atoms with Gasteiger partial charge in [0.1, 0.15) is 0 Å². The molecule has 1 aliphatic heterocycles. The molecule has 0 atom stereocenters. The van der Waals surface area contributed by atoms with E-state index in [0.717, 1.165) is 5.69 Å². The van der Waals surface area contributed by atoms with Crippen molar-refractivity contribution in [3.8, 4) is 55.6 Å². The van der Waals surface area contributed by atoms with Crippen LogP contribution in [-0.4, -0.2) is 12.5 Å². The second-order valence-electron chi connectivity index (χ2n) is 15.7. The lowest BCUT2D eigenvalue weighted by atomic mass is 9.82. The third-order valence-electron chi connectivity index (χ3n) is 12.0. The summed E-state index contributed by atoms with van der Waals surface area (Å²) in [5.41, 5.74) is 18.7. The Bertz CT molecular complexity index is 2650. The van der Waals surface area contributed by atoms with Gasteiger partial charge in [-0.1, -0.05) is 172 Å². The minimum absolute atomic E-state index is 0.139. The van der Waals surface area contributed by atoms with E-state index in [1.165, 1.54) is 87.9 Å². The highest BCUT2D eigenvalue weighted by Gasteiger charge is 2.40. The van der Waals surface area contributed by atoms with Gasteiger partial charge in [-0.3, -0.25) is 0 Å². The molecule has 2 heteroatoms. The molecule has 10 rings (SSSR count). The zero-order chi connectivity index (χ0) is 37.3. The van der Waals surface area contributed by atoms with E-state index in [0.29, 0.717) is 0 Å². The maximum atomic E-state index is 2.62. The molecule has 0 aromatic heterocycles. The standard InChI is InChI=1S/C53H43NS/c1-53(2)43-29-15-13-26-41(43)51-44(53)30-18-32-46(51)54(47-33-19-35-49-52(47)42-27-14-16-34-48(42)55(49,3)4)45-31-17-28-39(37-22-9-6-10-23-37)50(45)40-25-12-11-24-38(40)36-20-7-5-8-21-36/h5-35H,1-4H3. The Balaban J connectivity index is 1.37. The second-order valence-corrected chi connectivity index (χ2v) is 19.2. The average molecular weight is 726 g/mol. The van der Waals surface area contributed by atoms with Gasteiger partial charge in [0.25, 0.3) is 0 Å². The van der Waals surface area contributed by atoms with Gasteiger partial charge in [0.15, 0.2) is 0 Å². The molecule has 0 bridgehead atoms. The van der Waals surface area contributed by atoms with Crippen LogP contribution in [0, 0.1) is 0 Å². The first-order valence-corrected chi connectivity index (χ1v) is 21.6. The van der Waals surface area contributed by atoms with Crippen molar-refractivity contribution in [3.63, 3.8) is 0 Å². The highest BCUT2D eigenvalue weighted by Crippen LogP contribution is 2.69. The summed E-state index contributed by atoms with van der Waals surface area (Å²) in [6.45, 7) is 4.76. The largest absolute Gasteiger partial charge is 0.309 e. The van der Waals surface area contributed by atoms with Crippen molar-refractivity contribution in [3.05, 3.63) is 199 Å². The van der Waals surface area contributed by atoms with Crippen molar-refractivity contribution >= 4 is 27.1 Å². The summed E-state index contributed by atoms with van der Waals surface area (Å²) in [5.74, 6) is 0. The minimum Gasteiger partial charge on any atom is -0.309 e. The summed E-state index contributed by atoms with van der Waals surface area (Å²) in [4.78, 5) is 5.52. The first-order valence-electron chi connectivity index (χ1n) is 19.2. The monoisotopic (exact) mass is 725 g/mol. The second kappa shape index (κ2) is 12.8. The van der Waals surface area contributed by atoms with E-state index in [9.17, 15) is 0 Å². The summed E-state index contributed by atoms with van der Waals surface area (Å²) < 4.78 is 0. The Hall–Kier alpha value is -6.09. The van der Waals surface area contributed by atoms with Crippen LogP contribution in [0.3, 0.4) is 0 Å². The van der Waals surface area contributed by atoms with Crippen LogP contribution in [-0.2, 0) is 5.41 Å². The van der Waals surface area contributed by atoms with E-state index in [1.54, 1.807) is 0 Å². The highest BCUT2D eigenvalue weighted by molar-refractivity contribution is 8.33. The SMILES string of the molecule is CC1(C)c2ccccc2-c2c(N(c3cccc(-c4ccccc4)c3-c3ccccc3-c3ccccc3)c3cccc4c3-c3ccccc3S4(C)C)cccc21. The van der Waals surface area contributed by atoms with E-state index in [1.807, 2.05) is 0 Å². The molecule has 1 aliphatic carbocycles. The van der Waals surface area contributed by atoms with E-state index in [4.69, 9.17) is 0 Å². The summed E-state index contributed by atoms with van der Waals surface area (Å²) in [6.07, 6.45) is 4.92. The number of hydrogen-bond acceptors (Lipinski definition) is 1. The van der Waals surface area contributed by atoms with Gasteiger partial charge in [-0.2, -0.15) is 10.0 Å². The molecular weight excluding hydrogens is 683 g/mol. The molecule has 0 fully saturated rings. The first kappa shape index (κ1) is 33.5. The lowest BCUT2D eigenvalue weighted by molar-refractivity contribution is 0.660. The van der Waals surface area contributed by atoms with Crippen molar-refractivity contribution in [2.24, 2.45) is 0 Å². The Labute approximate surface area is 326 Å². The molecule has 55 heavy (non-hydrogen) atoms. The third kappa shape index (κ3) is 5.09. The smallest absolute Gasteiger partial charge is 0.0551 e. The number of nitrogens with zero attached hydrogens (tertiary/aromatic N) is 1. The van der Waals surface area contributed by atoms with Crippen LogP contribution in [0.15, 0.2) is 198 Å². The van der Waals surface area contributed by atoms with E-state index in [-0.39, 0.29) is 5.41 Å². The number of fused-ring (bicyclic) bond motifs is 6. The van der Waals surface area contributed by atoms with Crippen LogP contribution in [0.1, 0.15) is 25.0 Å². The van der Waals surface area contributed by atoms with Crippen molar-refractivity contribution < 1.29 is 0 Å². The molecule has 0 N–H and O–H groups in total. The summed E-state index contributed by atoms with van der Waals surface area (Å²) in [5, 5.41) is 0. The number of anilines is 3. The predicted molar refractivity (Wildman–Crippen MR) is 236 cm³/mol. The molecule has 1 heterocycles. The van der Waals surface area contributed by atoms with Crippen LogP contribution < -0.4 is 4.90 Å². The average Bonchev–Trinajstić information content (AvgIpc) is 3.62. The molecule has 0 saturated carbocycles. The Morgan fingerprint density at radius 2 is 0.800 bits per heavy atom. The number of hydrogen-bond donors (Lipinski definition) is 0. The molecule has 0 unspecified atom stereocenters. The van der Waals surface area contributed by atoms with E-state index < -0.39 is 10.0 Å². The summed E-state index contributed by atoms with van der Waals surface area (Å²) in [7, 11) is -1.25. The van der Waals surface area contributed by atoms with Crippen molar-refractivity contribution in [2.45, 2.75) is 29.1 Å². The topological polar surface area (TPSA) is 3.24 Å². The zero-order valence-corrected chi connectivity index (χ0v) is 32.6. The van der Waals surface area contributed by atoms with Gasteiger partial charge in [-0.05, 0) is 92.9 Å². The lowest BCUT2D eigenvalue weighted by Crippen LogP contribution is -2.17. The lowest BCUT2D eigenvalue weighted by Gasteiger charge is -2.34. The minimum atomic E-state index is -1.25. The highest BCUT2D eigenvalue weighted by atomic mass is 32.3. The molecule has 1 nitrogen and oxygen atoms in total. The van der Waals surface area contributed by atoms with Crippen LogP contribution in [0.25, 0.3) is 55.6 Å². The zero-order valence-electron chi connectivity index (χ0n) is 31.8. The van der Waals surface area contributed by atoms with Gasteiger partial charge in [-0.25, -0.2) is 0 Å². The van der Waals surface area contributed by atoms with Crippen molar-refractivity contribution in [2.75, 3.05) is 17.4 Å². The molecule has 266 valence electrons. The van der Waals surface area contributed by atoms with Gasteiger partial charge in [0, 0.05) is 31.9 Å². The van der Waals surface area contributed by atoms with Crippen molar-refractivity contribution in [1.29, 1.82) is 0 Å². The molecule has 0 saturated heterocycles. The summed E-state index contributed by atoms with van der Waals surface area (Å²) >= 11 is 0. The Morgan fingerprint density at radius 1 is 0.345 bits per heavy atom. The van der Waals surface area contributed by atoms with Gasteiger partial charge in [0.05, 0.1) is 17.1 Å². The summed E-state index contributed by atoms with van der Waals surface area (Å²) in [6, 6.07) is 69.8. The van der Waals surface area contributed by atoms with Crippen LogP contribution >= 0.6 is 10.0 Å². The van der Waals surface area contributed by atoms with Gasteiger partial charge in [0.2, 0.25) is 0 Å². The fraction of sp³-hybridized carbons (Fsp3) is 0.0943. The third-order valence-corrected chi connectivity index (χ3v) is 14.9. The normalized spacial score (nSPS) is 14.7. The van der Waals surface area contributed by atoms with Crippen LogP contribution in [0.4, 0.5) is 17.1 Å². The molecule has 0 amide bonds. The molecule has 8 aromatic carbocycles. The fourth-order valence-corrected chi connectivity index (χ4v) is 11.9. The van der Waals surface area contributed by atoms with Gasteiger partial charge in [-0.15, -0.1) is 0 Å². The molecule has 8 aromatic rings. The molecule has 2 aliphatic rings. The van der Waals surface area contributed by atoms with Crippen LogP contribution in [0.5, 0.6) is 0 Å². The van der Waals surface area contributed by atoms with E-state index in [2.05, 4.69) is 219 Å². The van der Waals surface area contributed by atoms with Gasteiger partial charge >= 0.3 is 0 Å². The number of benzene rings is 8. The first-order chi connectivity index (χ1) is 26.9. The molecule has 0 radical (unpaired) electrons.